The highest BCUT2D eigenvalue weighted by molar-refractivity contribution is 5.88. The molecule has 2 aromatic rings. The van der Waals surface area contributed by atoms with Gasteiger partial charge in [0.25, 0.3) is 0 Å². The maximum absolute atomic E-state index is 11.1. The number of benzene rings is 2. The Morgan fingerprint density at radius 3 is 2.30 bits per heavy atom. The Labute approximate surface area is 178 Å². The van der Waals surface area contributed by atoms with Gasteiger partial charge in [-0.3, -0.25) is 9.69 Å². The smallest absolute Gasteiger partial charge is 0.221 e. The van der Waals surface area contributed by atoms with Crippen LogP contribution in [-0.2, 0) is 4.79 Å². The number of methoxy groups -OCH3 is 2. The molecule has 1 N–H and O–H groups in total. The van der Waals surface area contributed by atoms with Crippen LogP contribution in [0.15, 0.2) is 42.5 Å². The van der Waals surface area contributed by atoms with E-state index >= 15 is 0 Å². The van der Waals surface area contributed by atoms with Gasteiger partial charge in [-0.2, -0.15) is 0 Å². The lowest BCUT2D eigenvalue weighted by Gasteiger charge is -2.36. The topological polar surface area (TPSA) is 63.3 Å². The fourth-order valence-corrected chi connectivity index (χ4v) is 3.57. The quantitative estimate of drug-likeness (QED) is 0.637. The van der Waals surface area contributed by atoms with Gasteiger partial charge in [-0.1, -0.05) is 0 Å². The average molecular weight is 414 g/mol. The molecule has 162 valence electrons. The highest BCUT2D eigenvalue weighted by Gasteiger charge is 2.18. The van der Waals surface area contributed by atoms with Gasteiger partial charge in [0, 0.05) is 57.1 Å². The summed E-state index contributed by atoms with van der Waals surface area (Å²) in [5.41, 5.74) is 1.94. The first-order chi connectivity index (χ1) is 14.6. The zero-order valence-corrected chi connectivity index (χ0v) is 18.0. The van der Waals surface area contributed by atoms with E-state index in [2.05, 4.69) is 21.2 Å². The van der Waals surface area contributed by atoms with Crippen molar-refractivity contribution in [1.82, 2.24) is 4.90 Å². The third kappa shape index (κ3) is 6.03. The molecule has 2 aromatic carbocycles. The fraction of sp³-hybridized carbons (Fsp3) is 0.435. The minimum absolute atomic E-state index is 0.0742. The third-order valence-corrected chi connectivity index (χ3v) is 5.17. The Balaban J connectivity index is 1.37. The van der Waals surface area contributed by atoms with Crippen molar-refractivity contribution in [3.05, 3.63) is 42.5 Å². The molecule has 1 saturated heterocycles. The SMILES string of the molecule is COc1ccc(N2CCN(CCCOc3ccc(NC(C)=O)cc3)CC2)cc1OC. The first kappa shape index (κ1) is 21.8. The fourth-order valence-electron chi connectivity index (χ4n) is 3.57. The summed E-state index contributed by atoms with van der Waals surface area (Å²) >= 11 is 0. The predicted molar refractivity (Wildman–Crippen MR) is 119 cm³/mol. The largest absolute Gasteiger partial charge is 0.494 e. The number of nitrogens with zero attached hydrogens (tertiary/aromatic N) is 2. The van der Waals surface area contributed by atoms with E-state index in [0.29, 0.717) is 6.61 Å². The molecule has 7 nitrogen and oxygen atoms in total. The van der Waals surface area contributed by atoms with Crippen LogP contribution < -0.4 is 24.4 Å². The standard InChI is InChI=1S/C23H31N3O4/c1-18(27)24-19-5-8-21(9-6-19)30-16-4-11-25-12-14-26(15-13-25)20-7-10-22(28-2)23(17-20)29-3/h5-10,17H,4,11-16H2,1-3H3,(H,24,27). The van der Waals surface area contributed by atoms with Gasteiger partial charge in [0.05, 0.1) is 20.8 Å². The van der Waals surface area contributed by atoms with E-state index in [1.165, 1.54) is 12.6 Å². The molecule has 1 aliphatic rings. The van der Waals surface area contributed by atoms with Crippen molar-refractivity contribution in [3.8, 4) is 17.2 Å². The van der Waals surface area contributed by atoms with E-state index in [1.54, 1.807) is 14.2 Å². The third-order valence-electron chi connectivity index (χ3n) is 5.17. The highest BCUT2D eigenvalue weighted by Crippen LogP contribution is 2.31. The van der Waals surface area contributed by atoms with E-state index < -0.39 is 0 Å². The molecule has 3 rings (SSSR count). The van der Waals surface area contributed by atoms with Crippen molar-refractivity contribution in [1.29, 1.82) is 0 Å². The molecular weight excluding hydrogens is 382 g/mol. The summed E-state index contributed by atoms with van der Waals surface area (Å²) in [6.07, 6.45) is 0.976. The first-order valence-electron chi connectivity index (χ1n) is 10.3. The minimum Gasteiger partial charge on any atom is -0.494 e. The van der Waals surface area contributed by atoms with Gasteiger partial charge in [-0.05, 0) is 42.8 Å². The Hall–Kier alpha value is -2.93. The summed E-state index contributed by atoms with van der Waals surface area (Å²) in [6, 6.07) is 13.6. The Kier molecular flexibility index (Phi) is 7.79. The van der Waals surface area contributed by atoms with Gasteiger partial charge in [-0.25, -0.2) is 0 Å². The predicted octanol–water partition coefficient (Wildman–Crippen LogP) is 3.25. The lowest BCUT2D eigenvalue weighted by Crippen LogP contribution is -2.46. The normalized spacial score (nSPS) is 14.3. The van der Waals surface area contributed by atoms with Gasteiger partial charge >= 0.3 is 0 Å². The molecule has 0 aromatic heterocycles. The van der Waals surface area contributed by atoms with E-state index in [1.807, 2.05) is 36.4 Å². The zero-order chi connectivity index (χ0) is 21.3. The number of piperazine rings is 1. The Bertz CT molecular complexity index is 818. The number of nitrogens with one attached hydrogen (secondary N) is 1. The number of hydrogen-bond donors (Lipinski definition) is 1. The maximum atomic E-state index is 11.1. The van der Waals surface area contributed by atoms with Crippen LogP contribution in [0.25, 0.3) is 0 Å². The molecule has 0 spiro atoms. The van der Waals surface area contributed by atoms with E-state index in [0.717, 1.165) is 62.1 Å². The van der Waals surface area contributed by atoms with Gasteiger partial charge in [0.15, 0.2) is 11.5 Å². The van der Waals surface area contributed by atoms with Crippen LogP contribution in [0.2, 0.25) is 0 Å². The number of anilines is 2. The lowest BCUT2D eigenvalue weighted by atomic mass is 10.2. The molecule has 0 aliphatic carbocycles. The van der Waals surface area contributed by atoms with Crippen molar-refractivity contribution < 1.29 is 19.0 Å². The zero-order valence-electron chi connectivity index (χ0n) is 18.0. The molecule has 1 amide bonds. The molecule has 1 aliphatic heterocycles. The minimum atomic E-state index is -0.0742. The first-order valence-corrected chi connectivity index (χ1v) is 10.3. The van der Waals surface area contributed by atoms with Gasteiger partial charge in [-0.15, -0.1) is 0 Å². The van der Waals surface area contributed by atoms with Gasteiger partial charge < -0.3 is 24.4 Å². The second kappa shape index (κ2) is 10.7. The second-order valence-electron chi connectivity index (χ2n) is 7.28. The van der Waals surface area contributed by atoms with E-state index in [-0.39, 0.29) is 5.91 Å². The molecular formula is C23H31N3O4. The van der Waals surface area contributed by atoms with Crippen molar-refractivity contribution >= 4 is 17.3 Å². The van der Waals surface area contributed by atoms with Crippen LogP contribution in [0.3, 0.4) is 0 Å². The van der Waals surface area contributed by atoms with Crippen molar-refractivity contribution in [2.24, 2.45) is 0 Å². The number of carbonyl (C=O) groups is 1. The van der Waals surface area contributed by atoms with Crippen LogP contribution in [0.4, 0.5) is 11.4 Å². The summed E-state index contributed by atoms with van der Waals surface area (Å²) < 4.78 is 16.6. The average Bonchev–Trinajstić information content (AvgIpc) is 2.77. The van der Waals surface area contributed by atoms with Crippen molar-refractivity contribution in [3.63, 3.8) is 0 Å². The highest BCUT2D eigenvalue weighted by atomic mass is 16.5. The molecule has 0 bridgehead atoms. The second-order valence-corrected chi connectivity index (χ2v) is 7.28. The summed E-state index contributed by atoms with van der Waals surface area (Å²) in [7, 11) is 3.32. The Morgan fingerprint density at radius 1 is 0.967 bits per heavy atom. The molecule has 0 atom stereocenters. The Morgan fingerprint density at radius 2 is 1.67 bits per heavy atom. The van der Waals surface area contributed by atoms with Crippen LogP contribution in [0, 0.1) is 0 Å². The maximum Gasteiger partial charge on any atom is 0.221 e. The van der Waals surface area contributed by atoms with Gasteiger partial charge in [0.1, 0.15) is 5.75 Å². The molecule has 0 saturated carbocycles. The molecule has 7 heteroatoms. The molecule has 1 fully saturated rings. The van der Waals surface area contributed by atoms with Crippen LogP contribution in [-0.4, -0.2) is 64.4 Å². The number of hydrogen-bond acceptors (Lipinski definition) is 6. The van der Waals surface area contributed by atoms with Gasteiger partial charge in [0.2, 0.25) is 5.91 Å². The van der Waals surface area contributed by atoms with Crippen LogP contribution in [0.5, 0.6) is 17.2 Å². The molecule has 0 unspecified atom stereocenters. The number of ether oxygens (including phenoxy) is 3. The number of rotatable bonds is 9. The monoisotopic (exact) mass is 413 g/mol. The van der Waals surface area contributed by atoms with Crippen molar-refractivity contribution in [2.75, 3.05) is 63.8 Å². The van der Waals surface area contributed by atoms with E-state index in [9.17, 15) is 4.79 Å². The van der Waals surface area contributed by atoms with Crippen LogP contribution in [0.1, 0.15) is 13.3 Å². The summed E-state index contributed by atoms with van der Waals surface area (Å²) in [4.78, 5) is 15.9. The number of carbonyl (C=O) groups excluding carboxylic acids is 1. The summed E-state index contributed by atoms with van der Waals surface area (Å²) in [6.45, 7) is 7.22. The summed E-state index contributed by atoms with van der Waals surface area (Å²) in [5, 5.41) is 2.75. The molecule has 30 heavy (non-hydrogen) atoms. The lowest BCUT2D eigenvalue weighted by molar-refractivity contribution is -0.114. The molecule has 0 radical (unpaired) electrons. The molecule has 1 heterocycles. The van der Waals surface area contributed by atoms with E-state index in [4.69, 9.17) is 14.2 Å². The number of amides is 1. The van der Waals surface area contributed by atoms with Crippen LogP contribution >= 0.6 is 0 Å². The van der Waals surface area contributed by atoms with Crippen molar-refractivity contribution in [2.45, 2.75) is 13.3 Å². The summed E-state index contributed by atoms with van der Waals surface area (Å²) in [5.74, 6) is 2.27.